The first kappa shape index (κ1) is 18.3. The third kappa shape index (κ3) is 3.72. The number of methoxy groups -OCH3 is 1. The first-order valence-corrected chi connectivity index (χ1v) is 6.96. The number of carbonyl (C=O) groups excluding carboxylic acids is 2. The highest BCUT2D eigenvalue weighted by Gasteiger charge is 2.21. The number of carbonyl (C=O) groups is 2. The number of nitrogens with two attached hydrogens (primary N) is 1. The molecule has 2 rings (SSSR count). The molecule has 0 atom stereocenters. The quantitative estimate of drug-likeness (QED) is 0.353. The van der Waals surface area contributed by atoms with E-state index in [2.05, 4.69) is 10.1 Å². The molecule has 0 saturated heterocycles. The number of nitrogens with zero attached hydrogens (tertiary/aromatic N) is 2. The summed E-state index contributed by atoms with van der Waals surface area (Å²) in [4.78, 5) is 44.3. The van der Waals surface area contributed by atoms with E-state index in [0.29, 0.717) is 0 Å². The molecule has 26 heavy (non-hydrogen) atoms. The summed E-state index contributed by atoms with van der Waals surface area (Å²) in [7, 11) is 1.12. The van der Waals surface area contributed by atoms with Gasteiger partial charge in [-0.25, -0.2) is 4.79 Å². The number of hydrogen-bond acceptors (Lipinski definition) is 8. The lowest BCUT2D eigenvalue weighted by molar-refractivity contribution is -0.384. The van der Waals surface area contributed by atoms with E-state index < -0.39 is 33.1 Å². The van der Waals surface area contributed by atoms with Crippen LogP contribution >= 0.6 is 0 Å². The van der Waals surface area contributed by atoms with Crippen LogP contribution in [0.4, 0.5) is 22.7 Å². The highest BCUT2D eigenvalue weighted by atomic mass is 16.6. The second-order valence-corrected chi connectivity index (χ2v) is 4.97. The van der Waals surface area contributed by atoms with Crippen LogP contribution < -0.4 is 11.1 Å². The van der Waals surface area contributed by atoms with Gasteiger partial charge < -0.3 is 15.8 Å². The van der Waals surface area contributed by atoms with E-state index in [1.165, 1.54) is 18.2 Å². The Bertz CT molecular complexity index is 926. The maximum Gasteiger partial charge on any atom is 0.338 e. The number of rotatable bonds is 5. The van der Waals surface area contributed by atoms with Gasteiger partial charge in [0.25, 0.3) is 17.3 Å². The molecule has 0 heterocycles. The minimum Gasteiger partial charge on any atom is -0.465 e. The molecule has 0 aliphatic rings. The number of anilines is 2. The zero-order valence-electron chi connectivity index (χ0n) is 13.3. The van der Waals surface area contributed by atoms with Crippen LogP contribution in [-0.4, -0.2) is 28.8 Å². The highest BCUT2D eigenvalue weighted by molar-refractivity contribution is 6.06. The van der Waals surface area contributed by atoms with Gasteiger partial charge in [0.2, 0.25) is 0 Å². The summed E-state index contributed by atoms with van der Waals surface area (Å²) in [5.74, 6) is -1.60. The molecule has 2 aromatic carbocycles. The first-order valence-electron chi connectivity index (χ1n) is 6.96. The lowest BCUT2D eigenvalue weighted by Crippen LogP contribution is -2.14. The Morgan fingerprint density at radius 1 is 1.00 bits per heavy atom. The van der Waals surface area contributed by atoms with E-state index in [-0.39, 0.29) is 22.5 Å². The van der Waals surface area contributed by atoms with Gasteiger partial charge in [-0.1, -0.05) is 0 Å². The second kappa shape index (κ2) is 7.25. The predicted molar refractivity (Wildman–Crippen MR) is 89.9 cm³/mol. The summed E-state index contributed by atoms with van der Waals surface area (Å²) in [5, 5.41) is 24.4. The zero-order valence-corrected chi connectivity index (χ0v) is 13.3. The van der Waals surface area contributed by atoms with Crippen molar-refractivity contribution < 1.29 is 24.2 Å². The predicted octanol–water partition coefficient (Wildman–Crippen LogP) is 2.12. The second-order valence-electron chi connectivity index (χ2n) is 4.97. The average molecular weight is 360 g/mol. The van der Waals surface area contributed by atoms with Crippen molar-refractivity contribution in [1.29, 1.82) is 0 Å². The number of esters is 1. The van der Waals surface area contributed by atoms with E-state index in [4.69, 9.17) is 5.73 Å². The van der Waals surface area contributed by atoms with E-state index in [1.807, 2.05) is 0 Å². The molecule has 2 aromatic rings. The number of hydrogen-bond donors (Lipinski definition) is 2. The molecule has 1 amide bonds. The van der Waals surface area contributed by atoms with Crippen LogP contribution in [0, 0.1) is 20.2 Å². The monoisotopic (exact) mass is 360 g/mol. The maximum atomic E-state index is 12.3. The molecule has 0 radical (unpaired) electrons. The number of nitro groups is 2. The third-order valence-electron chi connectivity index (χ3n) is 3.35. The fourth-order valence-corrected chi connectivity index (χ4v) is 2.07. The molecule has 0 spiro atoms. The van der Waals surface area contributed by atoms with Gasteiger partial charge in [-0.15, -0.1) is 0 Å². The summed E-state index contributed by atoms with van der Waals surface area (Å²) in [6.45, 7) is 0. The molecule has 0 aromatic heterocycles. The third-order valence-corrected chi connectivity index (χ3v) is 3.35. The van der Waals surface area contributed by atoms with Crippen molar-refractivity contribution in [3.8, 4) is 0 Å². The fraction of sp³-hybridized carbons (Fsp3) is 0.0667. The summed E-state index contributed by atoms with van der Waals surface area (Å²) >= 11 is 0. The largest absolute Gasteiger partial charge is 0.465 e. The molecular formula is C15H12N4O7. The van der Waals surface area contributed by atoms with E-state index in [1.54, 1.807) is 0 Å². The van der Waals surface area contributed by atoms with Gasteiger partial charge in [-0.2, -0.15) is 0 Å². The van der Waals surface area contributed by atoms with Crippen molar-refractivity contribution in [2.75, 3.05) is 18.2 Å². The first-order chi connectivity index (χ1) is 12.2. The zero-order chi connectivity index (χ0) is 19.4. The lowest BCUT2D eigenvalue weighted by atomic mass is 10.1. The Morgan fingerprint density at radius 2 is 1.58 bits per heavy atom. The summed E-state index contributed by atoms with van der Waals surface area (Å²) in [6.07, 6.45) is 0. The van der Waals surface area contributed by atoms with E-state index >= 15 is 0 Å². The molecule has 11 heteroatoms. The Kier molecular flexibility index (Phi) is 5.11. The van der Waals surface area contributed by atoms with Gasteiger partial charge >= 0.3 is 5.97 Å². The molecule has 0 fully saturated rings. The summed E-state index contributed by atoms with van der Waals surface area (Å²) in [5.41, 5.74) is 3.96. The highest BCUT2D eigenvalue weighted by Crippen LogP contribution is 2.28. The van der Waals surface area contributed by atoms with Gasteiger partial charge in [0, 0.05) is 17.7 Å². The Labute approximate surface area is 145 Å². The van der Waals surface area contributed by atoms with Crippen molar-refractivity contribution in [3.05, 3.63) is 67.8 Å². The number of ether oxygens (including phenoxy) is 1. The van der Waals surface area contributed by atoms with Crippen molar-refractivity contribution >= 4 is 34.6 Å². The Hall–Kier alpha value is -4.02. The molecular weight excluding hydrogens is 348 g/mol. The lowest BCUT2D eigenvalue weighted by Gasteiger charge is -2.08. The molecule has 3 N–H and O–H groups in total. The molecule has 0 unspecified atom stereocenters. The van der Waals surface area contributed by atoms with Crippen LogP contribution in [0.2, 0.25) is 0 Å². The van der Waals surface area contributed by atoms with Crippen LogP contribution in [-0.2, 0) is 4.74 Å². The van der Waals surface area contributed by atoms with Crippen LogP contribution in [0.1, 0.15) is 20.7 Å². The normalized spacial score (nSPS) is 10.0. The molecule has 0 bridgehead atoms. The average Bonchev–Trinajstić information content (AvgIpc) is 2.61. The molecule has 11 nitrogen and oxygen atoms in total. The minimum atomic E-state index is -0.818. The van der Waals surface area contributed by atoms with Gasteiger partial charge in [-0.3, -0.25) is 25.0 Å². The Morgan fingerprint density at radius 3 is 2.15 bits per heavy atom. The van der Waals surface area contributed by atoms with Crippen molar-refractivity contribution in [2.24, 2.45) is 0 Å². The van der Waals surface area contributed by atoms with Crippen LogP contribution in [0.3, 0.4) is 0 Å². The minimum absolute atomic E-state index is 0.0691. The summed E-state index contributed by atoms with van der Waals surface area (Å²) < 4.78 is 4.48. The van der Waals surface area contributed by atoms with Crippen LogP contribution in [0.25, 0.3) is 0 Å². The Balaban J connectivity index is 2.37. The van der Waals surface area contributed by atoms with E-state index in [9.17, 15) is 29.8 Å². The van der Waals surface area contributed by atoms with Gasteiger partial charge in [-0.05, 0) is 24.3 Å². The molecule has 0 aliphatic heterocycles. The number of nitro benzene ring substituents is 2. The molecule has 0 saturated carbocycles. The fourth-order valence-electron chi connectivity index (χ4n) is 2.07. The number of amides is 1. The smallest absolute Gasteiger partial charge is 0.338 e. The summed E-state index contributed by atoms with van der Waals surface area (Å²) in [6, 6.07) is 6.73. The number of nitrogen functional groups attached to an aromatic ring is 1. The SMILES string of the molecule is COC(=O)c1ccc(NC(=O)c2ccc(N)c([N+](=O)[O-])c2)c([N+](=O)[O-])c1. The number of nitrogens with one attached hydrogen (secondary N) is 1. The van der Waals surface area contributed by atoms with Gasteiger partial charge in [0.1, 0.15) is 11.4 Å². The van der Waals surface area contributed by atoms with Gasteiger partial charge in [0.15, 0.2) is 0 Å². The number of benzene rings is 2. The topological polar surface area (TPSA) is 168 Å². The standard InChI is InChI=1S/C15H12N4O7/c1-26-15(21)9-3-5-11(13(7-9)19(24)25)17-14(20)8-2-4-10(16)12(6-8)18(22)23/h2-7H,16H2,1H3,(H,17,20). The van der Waals surface area contributed by atoms with Crippen molar-refractivity contribution in [3.63, 3.8) is 0 Å². The molecule has 0 aliphatic carbocycles. The molecule has 134 valence electrons. The van der Waals surface area contributed by atoms with Crippen molar-refractivity contribution in [1.82, 2.24) is 0 Å². The maximum absolute atomic E-state index is 12.3. The van der Waals surface area contributed by atoms with Gasteiger partial charge in [0.05, 0.1) is 22.5 Å². The van der Waals surface area contributed by atoms with Crippen molar-refractivity contribution in [2.45, 2.75) is 0 Å². The van der Waals surface area contributed by atoms with E-state index in [0.717, 1.165) is 25.3 Å². The van der Waals surface area contributed by atoms with Crippen LogP contribution in [0.5, 0.6) is 0 Å². The van der Waals surface area contributed by atoms with Crippen LogP contribution in [0.15, 0.2) is 36.4 Å².